The lowest BCUT2D eigenvalue weighted by molar-refractivity contribution is -0.140. The summed E-state index contributed by atoms with van der Waals surface area (Å²) in [7, 11) is 0. The maximum absolute atomic E-state index is 11.6. The van der Waals surface area contributed by atoms with E-state index in [4.69, 9.17) is 10.5 Å². The molecular weight excluding hydrogens is 230 g/mol. The summed E-state index contributed by atoms with van der Waals surface area (Å²) in [6.07, 6.45) is 4.08. The number of primary amides is 1. The molecule has 0 aromatic heterocycles. The topological polar surface area (TPSA) is 69.4 Å². The summed E-state index contributed by atoms with van der Waals surface area (Å²) in [5.74, 6) is -0.982. The maximum Gasteiger partial charge on any atom is 0.334 e. The molecule has 0 aliphatic rings. The zero-order chi connectivity index (χ0) is 13.4. The molecule has 1 aromatic rings. The van der Waals surface area contributed by atoms with Gasteiger partial charge in [0.15, 0.2) is 0 Å². The van der Waals surface area contributed by atoms with Crippen molar-refractivity contribution < 1.29 is 14.3 Å². The fourth-order valence-electron chi connectivity index (χ4n) is 1.19. The number of hydrogen-bond acceptors (Lipinski definition) is 3. The first kappa shape index (κ1) is 13.7. The number of nitrogens with two attached hydrogens (primary N) is 1. The van der Waals surface area contributed by atoms with Crippen LogP contribution in [-0.2, 0) is 20.9 Å². The number of esters is 1. The van der Waals surface area contributed by atoms with E-state index >= 15 is 0 Å². The zero-order valence-corrected chi connectivity index (χ0v) is 10.1. The summed E-state index contributed by atoms with van der Waals surface area (Å²) in [6.45, 7) is 1.84. The molecule has 0 saturated carbocycles. The number of ether oxygens (including phenoxy) is 1. The van der Waals surface area contributed by atoms with Crippen molar-refractivity contribution in [3.8, 4) is 0 Å². The van der Waals surface area contributed by atoms with Crippen LogP contribution in [-0.4, -0.2) is 11.9 Å². The average Bonchev–Trinajstić information content (AvgIpc) is 2.36. The minimum absolute atomic E-state index is 0.227. The minimum atomic E-state index is -0.559. The molecule has 0 spiro atoms. The van der Waals surface area contributed by atoms with Gasteiger partial charge in [-0.15, -0.1) is 0 Å². The van der Waals surface area contributed by atoms with Crippen molar-refractivity contribution in [1.29, 1.82) is 0 Å². The van der Waals surface area contributed by atoms with Crippen molar-refractivity contribution in [1.82, 2.24) is 0 Å². The third kappa shape index (κ3) is 5.12. The lowest BCUT2D eigenvalue weighted by atomic mass is 10.2. The van der Waals surface area contributed by atoms with Crippen LogP contribution >= 0.6 is 0 Å². The number of carbonyl (C=O) groups excluding carboxylic acids is 2. The largest absolute Gasteiger partial charge is 0.457 e. The van der Waals surface area contributed by atoms with Crippen molar-refractivity contribution >= 4 is 11.9 Å². The van der Waals surface area contributed by atoms with Crippen molar-refractivity contribution in [3.63, 3.8) is 0 Å². The highest BCUT2D eigenvalue weighted by Crippen LogP contribution is 2.04. The standard InChI is InChI=1S/C14H15NO3/c1-11(6-5-9-13(15)16)14(17)18-10-12-7-3-2-4-8-12/h2-9H,10H2,1H3,(H2,15,16)/b9-5+,11-6-. The summed E-state index contributed by atoms with van der Waals surface area (Å²) < 4.78 is 5.09. The van der Waals surface area contributed by atoms with Crippen LogP contribution in [0.15, 0.2) is 54.1 Å². The predicted octanol–water partition coefficient (Wildman–Crippen LogP) is 1.72. The van der Waals surface area contributed by atoms with Gasteiger partial charge >= 0.3 is 5.97 Å². The van der Waals surface area contributed by atoms with Gasteiger partial charge in [-0.05, 0) is 12.5 Å². The highest BCUT2D eigenvalue weighted by molar-refractivity contribution is 5.89. The molecule has 94 valence electrons. The lowest BCUT2D eigenvalue weighted by Gasteiger charge is -2.04. The molecule has 0 aliphatic carbocycles. The number of benzene rings is 1. The van der Waals surface area contributed by atoms with Crippen LogP contribution in [0.2, 0.25) is 0 Å². The molecule has 0 atom stereocenters. The van der Waals surface area contributed by atoms with Crippen molar-refractivity contribution in [2.24, 2.45) is 5.73 Å². The smallest absolute Gasteiger partial charge is 0.334 e. The Morgan fingerprint density at radius 1 is 1.28 bits per heavy atom. The number of carbonyl (C=O) groups is 2. The zero-order valence-electron chi connectivity index (χ0n) is 10.1. The van der Waals surface area contributed by atoms with Gasteiger partial charge in [0.05, 0.1) is 0 Å². The van der Waals surface area contributed by atoms with Crippen molar-refractivity contribution in [2.75, 3.05) is 0 Å². The molecule has 1 aromatic carbocycles. The molecule has 0 fully saturated rings. The fourth-order valence-corrected chi connectivity index (χ4v) is 1.19. The van der Waals surface area contributed by atoms with E-state index in [1.54, 1.807) is 6.92 Å². The van der Waals surface area contributed by atoms with Gasteiger partial charge < -0.3 is 10.5 Å². The summed E-state index contributed by atoms with van der Waals surface area (Å²) in [5, 5.41) is 0. The van der Waals surface area contributed by atoms with Gasteiger partial charge in [0.2, 0.25) is 5.91 Å². The summed E-state index contributed by atoms with van der Waals surface area (Å²) in [5.41, 5.74) is 6.25. The van der Waals surface area contributed by atoms with Crippen LogP contribution < -0.4 is 5.73 Å². The fraction of sp³-hybridized carbons (Fsp3) is 0.143. The van der Waals surface area contributed by atoms with E-state index in [0.29, 0.717) is 5.57 Å². The Bertz CT molecular complexity index is 475. The second-order valence-electron chi connectivity index (χ2n) is 3.67. The first-order valence-electron chi connectivity index (χ1n) is 5.45. The average molecular weight is 245 g/mol. The second-order valence-corrected chi connectivity index (χ2v) is 3.67. The highest BCUT2D eigenvalue weighted by Gasteiger charge is 2.04. The monoisotopic (exact) mass is 245 g/mol. The number of allylic oxidation sites excluding steroid dienone is 2. The maximum atomic E-state index is 11.6. The molecular formula is C14H15NO3. The number of amides is 1. The van der Waals surface area contributed by atoms with Gasteiger partial charge in [-0.25, -0.2) is 4.79 Å². The molecule has 0 aliphatic heterocycles. The molecule has 18 heavy (non-hydrogen) atoms. The highest BCUT2D eigenvalue weighted by atomic mass is 16.5. The van der Waals surface area contributed by atoms with Crippen LogP contribution in [0.1, 0.15) is 12.5 Å². The Labute approximate surface area is 106 Å². The first-order chi connectivity index (χ1) is 8.59. The van der Waals surface area contributed by atoms with E-state index in [9.17, 15) is 9.59 Å². The van der Waals surface area contributed by atoms with Crippen molar-refractivity contribution in [3.05, 3.63) is 59.7 Å². The van der Waals surface area contributed by atoms with Crippen LogP contribution in [0.3, 0.4) is 0 Å². The molecule has 4 heteroatoms. The third-order valence-electron chi connectivity index (χ3n) is 2.14. The molecule has 0 unspecified atom stereocenters. The van der Waals surface area contributed by atoms with E-state index in [-0.39, 0.29) is 6.61 Å². The summed E-state index contributed by atoms with van der Waals surface area (Å²) >= 11 is 0. The lowest BCUT2D eigenvalue weighted by Crippen LogP contribution is -2.06. The van der Waals surface area contributed by atoms with Crippen LogP contribution in [0.25, 0.3) is 0 Å². The Kier molecular flexibility index (Phi) is 5.38. The van der Waals surface area contributed by atoms with E-state index in [1.807, 2.05) is 30.3 Å². The van der Waals surface area contributed by atoms with Crippen LogP contribution in [0.4, 0.5) is 0 Å². The molecule has 0 bridgehead atoms. The minimum Gasteiger partial charge on any atom is -0.457 e. The molecule has 1 rings (SSSR count). The van der Waals surface area contributed by atoms with Crippen molar-refractivity contribution in [2.45, 2.75) is 13.5 Å². The Morgan fingerprint density at radius 2 is 1.94 bits per heavy atom. The van der Waals surface area contributed by atoms with Crippen LogP contribution in [0, 0.1) is 0 Å². The SMILES string of the molecule is C/C(=C/C=C/C(N)=O)C(=O)OCc1ccccc1. The first-order valence-corrected chi connectivity index (χ1v) is 5.45. The van der Waals surface area contributed by atoms with E-state index in [1.165, 1.54) is 18.2 Å². The molecule has 0 saturated heterocycles. The normalized spacial score (nSPS) is 11.5. The Hall–Kier alpha value is -2.36. The van der Waals surface area contributed by atoms with Gasteiger partial charge in [0.25, 0.3) is 0 Å². The Balaban J connectivity index is 2.48. The molecule has 1 amide bonds. The van der Waals surface area contributed by atoms with Gasteiger partial charge in [-0.3, -0.25) is 4.79 Å². The second kappa shape index (κ2) is 7.06. The predicted molar refractivity (Wildman–Crippen MR) is 68.3 cm³/mol. The van der Waals surface area contributed by atoms with Gasteiger partial charge in [-0.1, -0.05) is 42.5 Å². The number of rotatable bonds is 5. The van der Waals surface area contributed by atoms with Gasteiger partial charge in [-0.2, -0.15) is 0 Å². The molecule has 4 nitrogen and oxygen atoms in total. The molecule has 2 N–H and O–H groups in total. The summed E-state index contributed by atoms with van der Waals surface area (Å²) in [6, 6.07) is 9.40. The Morgan fingerprint density at radius 3 is 2.56 bits per heavy atom. The van der Waals surface area contributed by atoms with Crippen LogP contribution in [0.5, 0.6) is 0 Å². The van der Waals surface area contributed by atoms with E-state index in [2.05, 4.69) is 0 Å². The molecule has 0 heterocycles. The summed E-state index contributed by atoms with van der Waals surface area (Å²) in [4.78, 5) is 22.0. The third-order valence-corrected chi connectivity index (χ3v) is 2.14. The molecule has 0 radical (unpaired) electrons. The number of hydrogen-bond donors (Lipinski definition) is 1. The quantitative estimate of drug-likeness (QED) is 0.488. The van der Waals surface area contributed by atoms with Gasteiger partial charge in [0, 0.05) is 11.6 Å². The van der Waals surface area contributed by atoms with Gasteiger partial charge in [0.1, 0.15) is 6.61 Å². The van der Waals surface area contributed by atoms with E-state index < -0.39 is 11.9 Å². The van der Waals surface area contributed by atoms with E-state index in [0.717, 1.165) is 5.56 Å².